The molecule has 0 radical (unpaired) electrons. The maximum atomic E-state index is 12.7. The minimum Gasteiger partial charge on any atom is -0.378 e. The van der Waals surface area contributed by atoms with Crippen LogP contribution in [0.1, 0.15) is 18.4 Å². The van der Waals surface area contributed by atoms with E-state index in [4.69, 9.17) is 10.00 Å². The number of anilines is 1. The molecule has 2 fully saturated rings. The quantitative estimate of drug-likeness (QED) is 0.889. The molecule has 24 heavy (non-hydrogen) atoms. The lowest BCUT2D eigenvalue weighted by atomic mass is 10.2. The molecule has 1 atom stereocenters. The van der Waals surface area contributed by atoms with Crippen molar-refractivity contribution >= 4 is 17.6 Å². The second-order valence-electron chi connectivity index (χ2n) is 5.91. The Morgan fingerprint density at radius 3 is 2.54 bits per heavy atom. The van der Waals surface area contributed by atoms with E-state index in [-0.39, 0.29) is 11.9 Å². The third-order valence-electron chi connectivity index (χ3n) is 4.39. The number of nitriles is 1. The van der Waals surface area contributed by atoms with Gasteiger partial charge in [0.1, 0.15) is 6.04 Å². The predicted molar refractivity (Wildman–Crippen MR) is 87.3 cm³/mol. The van der Waals surface area contributed by atoms with Gasteiger partial charge in [-0.2, -0.15) is 5.26 Å². The highest BCUT2D eigenvalue weighted by Gasteiger charge is 2.36. The number of likely N-dealkylation sites (tertiary alicyclic amines) is 1. The summed E-state index contributed by atoms with van der Waals surface area (Å²) in [4.78, 5) is 28.6. The molecule has 3 rings (SSSR count). The Morgan fingerprint density at radius 1 is 1.17 bits per heavy atom. The average molecular weight is 328 g/mol. The number of morpholine rings is 1. The summed E-state index contributed by atoms with van der Waals surface area (Å²) in [5, 5.41) is 11.6. The van der Waals surface area contributed by atoms with Crippen LogP contribution in [-0.4, -0.2) is 60.6 Å². The summed E-state index contributed by atoms with van der Waals surface area (Å²) in [7, 11) is 0. The molecule has 0 bridgehead atoms. The highest BCUT2D eigenvalue weighted by molar-refractivity contribution is 5.94. The van der Waals surface area contributed by atoms with Crippen LogP contribution < -0.4 is 5.32 Å². The summed E-state index contributed by atoms with van der Waals surface area (Å²) in [6, 6.07) is 8.03. The van der Waals surface area contributed by atoms with E-state index >= 15 is 0 Å². The van der Waals surface area contributed by atoms with Crippen LogP contribution in [0.2, 0.25) is 0 Å². The highest BCUT2D eigenvalue weighted by atomic mass is 16.5. The van der Waals surface area contributed by atoms with Gasteiger partial charge in [-0.3, -0.25) is 4.79 Å². The Balaban J connectivity index is 1.64. The smallest absolute Gasteiger partial charge is 0.322 e. The maximum absolute atomic E-state index is 12.7. The summed E-state index contributed by atoms with van der Waals surface area (Å²) < 4.78 is 5.28. The van der Waals surface area contributed by atoms with Gasteiger partial charge >= 0.3 is 6.03 Å². The third-order valence-corrected chi connectivity index (χ3v) is 4.39. The zero-order valence-electron chi connectivity index (χ0n) is 13.4. The number of carbonyl (C=O) groups excluding carboxylic acids is 2. The van der Waals surface area contributed by atoms with Gasteiger partial charge < -0.3 is 19.9 Å². The van der Waals surface area contributed by atoms with E-state index in [0.717, 1.165) is 6.42 Å². The number of benzene rings is 1. The second kappa shape index (κ2) is 7.32. The van der Waals surface area contributed by atoms with Crippen LogP contribution in [0.25, 0.3) is 0 Å². The molecule has 2 aliphatic heterocycles. The Morgan fingerprint density at radius 2 is 1.88 bits per heavy atom. The van der Waals surface area contributed by atoms with Gasteiger partial charge in [-0.1, -0.05) is 0 Å². The van der Waals surface area contributed by atoms with Crippen molar-refractivity contribution in [1.82, 2.24) is 9.80 Å². The molecule has 0 aliphatic carbocycles. The van der Waals surface area contributed by atoms with Crippen LogP contribution in [0, 0.1) is 11.3 Å². The van der Waals surface area contributed by atoms with Crippen molar-refractivity contribution in [1.29, 1.82) is 5.26 Å². The molecule has 2 aliphatic rings. The molecule has 1 unspecified atom stereocenters. The molecule has 3 amide bonds. The Hall–Kier alpha value is -2.59. The van der Waals surface area contributed by atoms with E-state index in [0.29, 0.717) is 50.5 Å². The lowest BCUT2D eigenvalue weighted by Gasteiger charge is -2.32. The molecule has 1 aromatic rings. The van der Waals surface area contributed by atoms with Crippen LogP contribution in [0.4, 0.5) is 10.5 Å². The zero-order chi connectivity index (χ0) is 16.9. The van der Waals surface area contributed by atoms with E-state index in [9.17, 15) is 9.59 Å². The van der Waals surface area contributed by atoms with Crippen molar-refractivity contribution in [2.75, 3.05) is 38.2 Å². The van der Waals surface area contributed by atoms with Crippen LogP contribution in [-0.2, 0) is 9.53 Å². The number of urea groups is 1. The monoisotopic (exact) mass is 328 g/mol. The third kappa shape index (κ3) is 3.49. The predicted octanol–water partition coefficient (Wildman–Crippen LogP) is 1.41. The van der Waals surface area contributed by atoms with Crippen molar-refractivity contribution in [2.24, 2.45) is 0 Å². The number of hydrogen-bond donors (Lipinski definition) is 1. The summed E-state index contributed by atoms with van der Waals surface area (Å²) in [5.74, 6) is 0.00535. The van der Waals surface area contributed by atoms with Crippen LogP contribution >= 0.6 is 0 Å². The molecular weight excluding hydrogens is 308 g/mol. The van der Waals surface area contributed by atoms with E-state index < -0.39 is 6.04 Å². The second-order valence-corrected chi connectivity index (χ2v) is 5.91. The van der Waals surface area contributed by atoms with E-state index in [1.54, 1.807) is 34.1 Å². The minimum absolute atomic E-state index is 0.00535. The molecule has 2 heterocycles. The standard InChI is InChI=1S/C17H20N4O3/c18-12-13-3-5-14(6-4-13)19-17(23)21-7-1-2-15(21)16(22)20-8-10-24-11-9-20/h3-6,15H,1-2,7-11H2,(H,19,23). The fourth-order valence-electron chi connectivity index (χ4n) is 3.08. The number of ether oxygens (including phenoxy) is 1. The first-order chi connectivity index (χ1) is 11.7. The first-order valence-corrected chi connectivity index (χ1v) is 8.13. The first-order valence-electron chi connectivity index (χ1n) is 8.13. The van der Waals surface area contributed by atoms with E-state index in [2.05, 4.69) is 5.32 Å². The summed E-state index contributed by atoms with van der Waals surface area (Å²) in [6.45, 7) is 2.84. The molecule has 7 nitrogen and oxygen atoms in total. The first kappa shape index (κ1) is 16.3. The van der Waals surface area contributed by atoms with Gasteiger partial charge in [0.05, 0.1) is 24.8 Å². The summed E-state index contributed by atoms with van der Waals surface area (Å²) >= 11 is 0. The fourth-order valence-corrected chi connectivity index (χ4v) is 3.08. The molecule has 7 heteroatoms. The van der Waals surface area contributed by atoms with Crippen LogP contribution in [0.5, 0.6) is 0 Å². The van der Waals surface area contributed by atoms with Gasteiger partial charge in [0, 0.05) is 25.3 Å². The van der Waals surface area contributed by atoms with Crippen LogP contribution in [0.3, 0.4) is 0 Å². The Bertz CT molecular complexity index is 647. The highest BCUT2D eigenvalue weighted by Crippen LogP contribution is 2.21. The number of carbonyl (C=O) groups is 2. The molecule has 0 saturated carbocycles. The molecule has 126 valence electrons. The van der Waals surface area contributed by atoms with Gasteiger partial charge in [0.15, 0.2) is 0 Å². The normalized spacial score (nSPS) is 20.5. The fraction of sp³-hybridized carbons (Fsp3) is 0.471. The topological polar surface area (TPSA) is 85.7 Å². The van der Waals surface area contributed by atoms with Crippen molar-refractivity contribution in [3.05, 3.63) is 29.8 Å². The zero-order valence-corrected chi connectivity index (χ0v) is 13.4. The SMILES string of the molecule is N#Cc1ccc(NC(=O)N2CCCC2C(=O)N2CCOCC2)cc1. The summed E-state index contributed by atoms with van der Waals surface area (Å²) in [6.07, 6.45) is 1.51. The van der Waals surface area contributed by atoms with E-state index in [1.165, 1.54) is 0 Å². The molecule has 0 spiro atoms. The van der Waals surface area contributed by atoms with Gasteiger partial charge in [0.25, 0.3) is 0 Å². The molecule has 1 N–H and O–H groups in total. The molecule has 0 aromatic heterocycles. The Labute approximate surface area is 140 Å². The van der Waals surface area contributed by atoms with Gasteiger partial charge in [0.2, 0.25) is 5.91 Å². The number of rotatable bonds is 2. The number of nitrogens with zero attached hydrogens (tertiary/aromatic N) is 3. The number of amides is 3. The Kier molecular flexibility index (Phi) is 4.96. The van der Waals surface area contributed by atoms with Crippen molar-refractivity contribution in [3.8, 4) is 6.07 Å². The summed E-state index contributed by atoms with van der Waals surface area (Å²) in [5.41, 5.74) is 1.15. The van der Waals surface area contributed by atoms with E-state index in [1.807, 2.05) is 6.07 Å². The van der Waals surface area contributed by atoms with Crippen molar-refractivity contribution in [2.45, 2.75) is 18.9 Å². The largest absolute Gasteiger partial charge is 0.378 e. The van der Waals surface area contributed by atoms with Crippen molar-refractivity contribution in [3.63, 3.8) is 0 Å². The van der Waals surface area contributed by atoms with Gasteiger partial charge in [-0.15, -0.1) is 0 Å². The number of nitrogens with one attached hydrogen (secondary N) is 1. The minimum atomic E-state index is -0.401. The van der Waals surface area contributed by atoms with Crippen LogP contribution in [0.15, 0.2) is 24.3 Å². The van der Waals surface area contributed by atoms with Crippen molar-refractivity contribution < 1.29 is 14.3 Å². The average Bonchev–Trinajstić information content (AvgIpc) is 3.12. The number of hydrogen-bond acceptors (Lipinski definition) is 4. The van der Waals surface area contributed by atoms with Gasteiger partial charge in [-0.05, 0) is 37.1 Å². The molecule has 1 aromatic carbocycles. The molecular formula is C17H20N4O3. The lowest BCUT2D eigenvalue weighted by molar-refractivity contribution is -0.139. The lowest BCUT2D eigenvalue weighted by Crippen LogP contribution is -2.51. The van der Waals surface area contributed by atoms with Gasteiger partial charge in [-0.25, -0.2) is 4.79 Å². The maximum Gasteiger partial charge on any atom is 0.322 e. The molecule has 2 saturated heterocycles.